The van der Waals surface area contributed by atoms with Crippen molar-refractivity contribution in [2.24, 2.45) is 0 Å². The average Bonchev–Trinajstić information content (AvgIpc) is 2.63. The number of Topliss-reactive ketones (excluding diaryl/α,β-unsaturated/α-hetero) is 1. The molecule has 0 aromatic carbocycles. The number of pyridine rings is 1. The van der Waals surface area contributed by atoms with Gasteiger partial charge in [-0.2, -0.15) is 0 Å². The molecular formula is C13H14N2O6S. The Kier molecular flexibility index (Phi) is 3.92. The highest BCUT2D eigenvalue weighted by Gasteiger charge is 2.50. The molecule has 2 heterocycles. The van der Waals surface area contributed by atoms with Crippen molar-refractivity contribution in [1.29, 1.82) is 0 Å². The summed E-state index contributed by atoms with van der Waals surface area (Å²) in [6.45, 7) is 2.53. The quantitative estimate of drug-likeness (QED) is 0.785. The lowest BCUT2D eigenvalue weighted by Gasteiger charge is -2.23. The third kappa shape index (κ3) is 3.08. The topological polar surface area (TPSA) is 112 Å². The molecule has 8 nitrogen and oxygen atoms in total. The average molecular weight is 326 g/mol. The van der Waals surface area contributed by atoms with Crippen molar-refractivity contribution in [3.63, 3.8) is 0 Å². The maximum atomic E-state index is 12.5. The molecule has 1 aromatic rings. The number of hydrogen-bond donors (Lipinski definition) is 1. The molecule has 0 fully saturated rings. The molecule has 0 amide bonds. The Labute approximate surface area is 127 Å². The molecule has 1 unspecified atom stereocenters. The van der Waals surface area contributed by atoms with Gasteiger partial charge in [0.1, 0.15) is 0 Å². The van der Waals surface area contributed by atoms with Gasteiger partial charge in [-0.3, -0.25) is 19.3 Å². The molecule has 0 spiro atoms. The SMILES string of the molecule is CC(=O)OC1=C(NS(C)(=O)=O)OC(C)(c2cccnc2)C1=O. The minimum Gasteiger partial charge on any atom is -0.456 e. The minimum atomic E-state index is -3.72. The van der Waals surface area contributed by atoms with Crippen LogP contribution in [0, 0.1) is 0 Å². The van der Waals surface area contributed by atoms with Crippen LogP contribution >= 0.6 is 0 Å². The van der Waals surface area contributed by atoms with E-state index in [-0.39, 0.29) is 0 Å². The van der Waals surface area contributed by atoms with E-state index in [1.54, 1.807) is 12.1 Å². The van der Waals surface area contributed by atoms with E-state index in [4.69, 9.17) is 9.47 Å². The predicted molar refractivity (Wildman–Crippen MR) is 74.5 cm³/mol. The Hall–Kier alpha value is -2.42. The monoisotopic (exact) mass is 326 g/mol. The Bertz CT molecular complexity index is 756. The fraction of sp³-hybridized carbons (Fsp3) is 0.308. The van der Waals surface area contributed by atoms with E-state index in [9.17, 15) is 18.0 Å². The second-order valence-electron chi connectivity index (χ2n) is 4.83. The van der Waals surface area contributed by atoms with Crippen LogP contribution in [0.1, 0.15) is 19.4 Å². The van der Waals surface area contributed by atoms with E-state index >= 15 is 0 Å². The maximum Gasteiger partial charge on any atom is 0.308 e. The van der Waals surface area contributed by atoms with Crippen molar-refractivity contribution in [2.75, 3.05) is 6.26 Å². The van der Waals surface area contributed by atoms with Gasteiger partial charge in [-0.15, -0.1) is 0 Å². The first-order valence-electron chi connectivity index (χ1n) is 6.18. The second kappa shape index (κ2) is 5.41. The molecule has 9 heteroatoms. The fourth-order valence-electron chi connectivity index (χ4n) is 1.92. The summed E-state index contributed by atoms with van der Waals surface area (Å²) >= 11 is 0. The van der Waals surface area contributed by atoms with Gasteiger partial charge in [0.2, 0.25) is 27.3 Å². The van der Waals surface area contributed by atoms with Gasteiger partial charge in [0.15, 0.2) is 0 Å². The lowest BCUT2D eigenvalue weighted by atomic mass is 9.93. The number of esters is 1. The predicted octanol–water partition coefficient (Wildman–Crippen LogP) is 0.177. The van der Waals surface area contributed by atoms with Crippen LogP contribution in [-0.4, -0.2) is 31.4 Å². The zero-order valence-corrected chi connectivity index (χ0v) is 12.9. The molecule has 118 valence electrons. The van der Waals surface area contributed by atoms with Gasteiger partial charge < -0.3 is 9.47 Å². The number of nitrogens with zero attached hydrogens (tertiary/aromatic N) is 1. The van der Waals surface area contributed by atoms with E-state index < -0.39 is 39.0 Å². The third-order valence-corrected chi connectivity index (χ3v) is 3.44. The molecule has 0 radical (unpaired) electrons. The fourth-order valence-corrected chi connectivity index (χ4v) is 2.39. The highest BCUT2D eigenvalue weighted by molar-refractivity contribution is 7.88. The zero-order valence-electron chi connectivity index (χ0n) is 12.1. The minimum absolute atomic E-state index is 0.398. The molecule has 1 atom stereocenters. The normalized spacial score (nSPS) is 21.5. The molecule has 0 bridgehead atoms. The first kappa shape index (κ1) is 16.0. The van der Waals surface area contributed by atoms with Gasteiger partial charge in [0, 0.05) is 24.9 Å². The molecule has 2 rings (SSSR count). The molecule has 1 aliphatic rings. The number of ether oxygens (including phenoxy) is 2. The number of carbonyl (C=O) groups excluding carboxylic acids is 2. The number of nitrogens with one attached hydrogen (secondary N) is 1. The lowest BCUT2D eigenvalue weighted by Crippen LogP contribution is -2.32. The highest BCUT2D eigenvalue weighted by atomic mass is 32.2. The van der Waals surface area contributed by atoms with Crippen molar-refractivity contribution in [3.05, 3.63) is 41.7 Å². The maximum absolute atomic E-state index is 12.5. The third-order valence-electron chi connectivity index (χ3n) is 2.89. The van der Waals surface area contributed by atoms with Crippen LogP contribution in [0.2, 0.25) is 0 Å². The van der Waals surface area contributed by atoms with Crippen molar-refractivity contribution >= 4 is 21.8 Å². The van der Waals surface area contributed by atoms with Crippen molar-refractivity contribution in [3.8, 4) is 0 Å². The first-order chi connectivity index (χ1) is 10.1. The van der Waals surface area contributed by atoms with Crippen molar-refractivity contribution < 1.29 is 27.5 Å². The lowest BCUT2D eigenvalue weighted by molar-refractivity contribution is -0.142. The number of sulfonamides is 1. The molecule has 22 heavy (non-hydrogen) atoms. The summed E-state index contributed by atoms with van der Waals surface area (Å²) < 4.78 is 35.1. The molecule has 1 aromatic heterocycles. The molecule has 0 saturated carbocycles. The van der Waals surface area contributed by atoms with Crippen LogP contribution in [-0.2, 0) is 34.7 Å². The Morgan fingerprint density at radius 2 is 2.14 bits per heavy atom. The molecule has 0 aliphatic carbocycles. The summed E-state index contributed by atoms with van der Waals surface area (Å²) in [5.41, 5.74) is -1.14. The van der Waals surface area contributed by atoms with Gasteiger partial charge in [0.25, 0.3) is 5.78 Å². The number of rotatable bonds is 4. The van der Waals surface area contributed by atoms with Gasteiger partial charge in [-0.1, -0.05) is 6.07 Å². The largest absolute Gasteiger partial charge is 0.456 e. The van der Waals surface area contributed by atoms with Crippen LogP contribution in [0.5, 0.6) is 0 Å². The van der Waals surface area contributed by atoms with E-state index in [0.29, 0.717) is 5.56 Å². The molecule has 1 aliphatic heterocycles. The van der Waals surface area contributed by atoms with Crippen LogP contribution in [0.25, 0.3) is 0 Å². The summed E-state index contributed by atoms with van der Waals surface area (Å²) in [7, 11) is -3.72. The smallest absolute Gasteiger partial charge is 0.308 e. The summed E-state index contributed by atoms with van der Waals surface area (Å²) in [6.07, 6.45) is 3.81. The van der Waals surface area contributed by atoms with E-state index in [0.717, 1.165) is 13.2 Å². The Balaban J connectivity index is 2.47. The van der Waals surface area contributed by atoms with Crippen LogP contribution in [0.4, 0.5) is 0 Å². The number of ketones is 1. The van der Waals surface area contributed by atoms with Gasteiger partial charge >= 0.3 is 5.97 Å². The Morgan fingerprint density at radius 1 is 1.45 bits per heavy atom. The summed E-state index contributed by atoms with van der Waals surface area (Å²) in [4.78, 5) is 27.6. The van der Waals surface area contributed by atoms with E-state index in [1.807, 2.05) is 4.72 Å². The molecular weight excluding hydrogens is 312 g/mol. The van der Waals surface area contributed by atoms with Crippen LogP contribution in [0.15, 0.2) is 36.2 Å². The summed E-state index contributed by atoms with van der Waals surface area (Å²) in [6, 6.07) is 3.20. The van der Waals surface area contributed by atoms with Crippen molar-refractivity contribution in [2.45, 2.75) is 19.4 Å². The number of aromatic nitrogens is 1. The Morgan fingerprint density at radius 3 is 2.64 bits per heavy atom. The first-order valence-corrected chi connectivity index (χ1v) is 8.07. The molecule has 0 saturated heterocycles. The van der Waals surface area contributed by atoms with Crippen LogP contribution in [0.3, 0.4) is 0 Å². The van der Waals surface area contributed by atoms with Crippen LogP contribution < -0.4 is 4.72 Å². The summed E-state index contributed by atoms with van der Waals surface area (Å²) in [5.74, 6) is -2.35. The number of hydrogen-bond acceptors (Lipinski definition) is 7. The zero-order chi connectivity index (χ0) is 16.5. The van der Waals surface area contributed by atoms with Gasteiger partial charge in [-0.05, 0) is 13.0 Å². The highest BCUT2D eigenvalue weighted by Crippen LogP contribution is 2.38. The van der Waals surface area contributed by atoms with Gasteiger partial charge in [0.05, 0.1) is 6.26 Å². The van der Waals surface area contributed by atoms with Crippen molar-refractivity contribution in [1.82, 2.24) is 9.71 Å². The van der Waals surface area contributed by atoms with E-state index in [2.05, 4.69) is 4.98 Å². The standard InChI is InChI=1S/C13H14N2O6S/c1-8(16)20-10-11(17)13(2,9-5-4-6-14-7-9)21-12(10)15-22(3,18)19/h4-7,15H,1-3H3. The molecule has 1 N–H and O–H groups in total. The van der Waals surface area contributed by atoms with E-state index in [1.165, 1.54) is 19.3 Å². The van der Waals surface area contributed by atoms with Gasteiger partial charge in [-0.25, -0.2) is 8.42 Å². The number of carbonyl (C=O) groups is 2. The second-order valence-corrected chi connectivity index (χ2v) is 6.58. The summed E-state index contributed by atoms with van der Waals surface area (Å²) in [5, 5.41) is 0.